The van der Waals surface area contributed by atoms with E-state index in [2.05, 4.69) is 4.74 Å². The van der Waals surface area contributed by atoms with Gasteiger partial charge in [-0.2, -0.15) is 9.13 Å². The molecule has 0 saturated heterocycles. The maximum Gasteiger partial charge on any atom is 0.516 e. The lowest BCUT2D eigenvalue weighted by Crippen LogP contribution is -2.30. The number of imidazole rings is 1. The topological polar surface area (TPSA) is 55.3 Å². The predicted octanol–water partition coefficient (Wildman–Crippen LogP) is 0.389. The SMILES string of the molecule is CCn1cc[n+](C)c1OC(=O)O. The summed E-state index contributed by atoms with van der Waals surface area (Å²) >= 11 is 0. The van der Waals surface area contributed by atoms with Gasteiger partial charge in [0.15, 0.2) is 0 Å². The van der Waals surface area contributed by atoms with Crippen molar-refractivity contribution in [3.63, 3.8) is 0 Å². The van der Waals surface area contributed by atoms with Crippen molar-refractivity contribution in [2.75, 3.05) is 0 Å². The molecule has 1 N–H and O–H groups in total. The van der Waals surface area contributed by atoms with Crippen molar-refractivity contribution in [2.24, 2.45) is 7.05 Å². The van der Waals surface area contributed by atoms with Crippen molar-refractivity contribution >= 4 is 6.16 Å². The van der Waals surface area contributed by atoms with Gasteiger partial charge in [0, 0.05) is 0 Å². The summed E-state index contributed by atoms with van der Waals surface area (Å²) in [6, 6.07) is 0.324. The fraction of sp³-hybridized carbons (Fsp3) is 0.429. The summed E-state index contributed by atoms with van der Waals surface area (Å²) in [6.07, 6.45) is 2.21. The smallest absolute Gasteiger partial charge is 0.449 e. The molecule has 5 heteroatoms. The first-order chi connectivity index (χ1) is 5.65. The third kappa shape index (κ3) is 1.55. The van der Waals surface area contributed by atoms with Crippen LogP contribution >= 0.6 is 0 Å². The monoisotopic (exact) mass is 171 g/mol. The molecule has 0 amide bonds. The summed E-state index contributed by atoms with van der Waals surface area (Å²) in [7, 11) is 1.73. The molecule has 0 bridgehead atoms. The molecule has 0 aliphatic heterocycles. The zero-order valence-corrected chi connectivity index (χ0v) is 7.02. The van der Waals surface area contributed by atoms with Gasteiger partial charge in [0.25, 0.3) is 0 Å². The molecule has 0 atom stereocenters. The summed E-state index contributed by atoms with van der Waals surface area (Å²) in [5.41, 5.74) is 0. The Balaban J connectivity index is 2.94. The first-order valence-electron chi connectivity index (χ1n) is 3.60. The number of aromatic nitrogens is 2. The maximum atomic E-state index is 10.2. The van der Waals surface area contributed by atoms with E-state index in [4.69, 9.17) is 5.11 Å². The summed E-state index contributed by atoms with van der Waals surface area (Å²) < 4.78 is 7.86. The minimum atomic E-state index is -1.29. The van der Waals surface area contributed by atoms with Crippen molar-refractivity contribution in [1.82, 2.24) is 4.57 Å². The van der Waals surface area contributed by atoms with Gasteiger partial charge in [-0.3, -0.25) is 0 Å². The van der Waals surface area contributed by atoms with Crippen LogP contribution in [0.25, 0.3) is 0 Å². The fourth-order valence-corrected chi connectivity index (χ4v) is 0.960. The molecule has 1 aromatic rings. The number of carboxylic acid groups (broad SMARTS) is 1. The largest absolute Gasteiger partial charge is 0.516 e. The van der Waals surface area contributed by atoms with Crippen LogP contribution in [0.15, 0.2) is 12.4 Å². The lowest BCUT2D eigenvalue weighted by molar-refractivity contribution is -0.675. The minimum Gasteiger partial charge on any atom is -0.449 e. The van der Waals surface area contributed by atoms with E-state index >= 15 is 0 Å². The van der Waals surface area contributed by atoms with Crippen molar-refractivity contribution < 1.29 is 19.2 Å². The van der Waals surface area contributed by atoms with Gasteiger partial charge in [-0.05, 0) is 6.92 Å². The number of hydrogen-bond acceptors (Lipinski definition) is 2. The van der Waals surface area contributed by atoms with E-state index < -0.39 is 6.16 Å². The molecule has 5 nitrogen and oxygen atoms in total. The highest BCUT2D eigenvalue weighted by Crippen LogP contribution is 2.03. The second-order valence-electron chi connectivity index (χ2n) is 2.35. The highest BCUT2D eigenvalue weighted by molar-refractivity contribution is 5.59. The molecule has 66 valence electrons. The van der Waals surface area contributed by atoms with Gasteiger partial charge in [0.1, 0.15) is 12.4 Å². The third-order valence-electron chi connectivity index (χ3n) is 1.54. The average molecular weight is 171 g/mol. The van der Waals surface area contributed by atoms with Crippen molar-refractivity contribution in [2.45, 2.75) is 13.5 Å². The number of ether oxygens (including phenoxy) is 1. The molecule has 0 aliphatic rings. The number of aryl methyl sites for hydroxylation is 2. The lowest BCUT2D eigenvalue weighted by atomic mass is 10.7. The Kier molecular flexibility index (Phi) is 2.32. The van der Waals surface area contributed by atoms with Gasteiger partial charge < -0.3 is 9.84 Å². The number of rotatable bonds is 2. The zero-order valence-electron chi connectivity index (χ0n) is 7.02. The standard InChI is InChI=1S/C7H10N2O3/c1-3-9-5-4-8(2)6(9)12-7(10)11/h4-5H,3H2,1-2H3/p+1. The van der Waals surface area contributed by atoms with Crippen molar-refractivity contribution in [3.8, 4) is 6.01 Å². The Morgan fingerprint density at radius 3 is 3.00 bits per heavy atom. The summed E-state index contributed by atoms with van der Waals surface area (Å²) in [5.74, 6) is 0. The average Bonchev–Trinajstić information content (AvgIpc) is 2.32. The van der Waals surface area contributed by atoms with Crippen LogP contribution in [0.3, 0.4) is 0 Å². The molecule has 1 aromatic heterocycles. The van der Waals surface area contributed by atoms with Gasteiger partial charge in [-0.15, -0.1) is 0 Å². The van der Waals surface area contributed by atoms with Gasteiger partial charge in [0.05, 0.1) is 13.6 Å². The van der Waals surface area contributed by atoms with E-state index in [9.17, 15) is 4.79 Å². The molecule has 0 radical (unpaired) electrons. The molecule has 12 heavy (non-hydrogen) atoms. The predicted molar refractivity (Wildman–Crippen MR) is 39.9 cm³/mol. The van der Waals surface area contributed by atoms with E-state index in [-0.39, 0.29) is 0 Å². The Hall–Kier alpha value is -1.52. The van der Waals surface area contributed by atoms with Crippen molar-refractivity contribution in [1.29, 1.82) is 0 Å². The summed E-state index contributed by atoms with van der Waals surface area (Å²) in [5, 5.41) is 8.38. The second-order valence-corrected chi connectivity index (χ2v) is 2.35. The number of hydrogen-bond donors (Lipinski definition) is 1. The van der Waals surface area contributed by atoms with Crippen LogP contribution < -0.4 is 9.30 Å². The molecule has 0 aliphatic carbocycles. The van der Waals surface area contributed by atoms with Crippen molar-refractivity contribution in [3.05, 3.63) is 12.4 Å². The molecule has 0 unspecified atom stereocenters. The Morgan fingerprint density at radius 2 is 2.50 bits per heavy atom. The van der Waals surface area contributed by atoms with Crippen LogP contribution in [0.5, 0.6) is 6.01 Å². The molecule has 0 fully saturated rings. The van der Waals surface area contributed by atoms with E-state index in [0.717, 1.165) is 0 Å². The van der Waals surface area contributed by atoms with E-state index in [0.29, 0.717) is 12.6 Å². The molecule has 1 rings (SSSR count). The highest BCUT2D eigenvalue weighted by atomic mass is 16.7. The molecule has 0 spiro atoms. The van der Waals surface area contributed by atoms with Crippen LogP contribution in [0, 0.1) is 0 Å². The minimum absolute atomic E-state index is 0.324. The van der Waals surface area contributed by atoms with Gasteiger partial charge in [0.2, 0.25) is 0 Å². The first kappa shape index (κ1) is 8.58. The molecule has 0 saturated carbocycles. The van der Waals surface area contributed by atoms with Gasteiger partial charge in [-0.1, -0.05) is 0 Å². The fourth-order valence-electron chi connectivity index (χ4n) is 0.960. The Bertz CT molecular complexity index is 293. The van der Waals surface area contributed by atoms with Gasteiger partial charge >= 0.3 is 12.2 Å². The van der Waals surface area contributed by atoms with Crippen LogP contribution in [-0.2, 0) is 13.6 Å². The Labute approximate surface area is 69.8 Å². The van der Waals surface area contributed by atoms with Gasteiger partial charge in [-0.25, -0.2) is 4.79 Å². The van der Waals surface area contributed by atoms with Crippen LogP contribution in [0.1, 0.15) is 6.92 Å². The van der Waals surface area contributed by atoms with Crippen LogP contribution in [-0.4, -0.2) is 15.8 Å². The van der Waals surface area contributed by atoms with Crippen LogP contribution in [0.4, 0.5) is 4.79 Å². The molecular formula is C7H11N2O3+. The third-order valence-corrected chi connectivity index (χ3v) is 1.54. The summed E-state index contributed by atoms with van der Waals surface area (Å²) in [6.45, 7) is 2.60. The second kappa shape index (κ2) is 3.25. The van der Waals surface area contributed by atoms with E-state index in [1.165, 1.54) is 0 Å². The summed E-state index contributed by atoms with van der Waals surface area (Å²) in [4.78, 5) is 10.2. The molecule has 0 aromatic carbocycles. The maximum absolute atomic E-state index is 10.2. The number of nitrogens with zero attached hydrogens (tertiary/aromatic N) is 2. The normalized spacial score (nSPS) is 9.83. The Morgan fingerprint density at radius 1 is 1.83 bits per heavy atom. The zero-order chi connectivity index (χ0) is 9.14. The molecule has 1 heterocycles. The highest BCUT2D eigenvalue weighted by Gasteiger charge is 2.17. The molecular weight excluding hydrogens is 160 g/mol. The van der Waals surface area contributed by atoms with E-state index in [1.54, 1.807) is 28.6 Å². The number of carbonyl (C=O) groups is 1. The first-order valence-corrected chi connectivity index (χ1v) is 3.60. The van der Waals surface area contributed by atoms with Crippen LogP contribution in [0.2, 0.25) is 0 Å². The van der Waals surface area contributed by atoms with E-state index in [1.807, 2.05) is 6.92 Å². The lowest BCUT2D eigenvalue weighted by Gasteiger charge is -1.96. The quantitative estimate of drug-likeness (QED) is 0.517.